The number of anilines is 1. The average Bonchev–Trinajstić information content (AvgIpc) is 3.50. The molecule has 0 aliphatic rings. The van der Waals surface area contributed by atoms with Crippen LogP contribution in [0.25, 0.3) is 20.8 Å². The van der Waals surface area contributed by atoms with Gasteiger partial charge in [-0.15, -0.1) is 21.5 Å². The fraction of sp³-hybridized carbons (Fsp3) is 0.214. The van der Waals surface area contributed by atoms with E-state index >= 15 is 0 Å². The molecule has 0 aliphatic heterocycles. The molecule has 0 bridgehead atoms. The van der Waals surface area contributed by atoms with Crippen molar-refractivity contribution < 1.29 is 9.53 Å². The number of fused-ring (bicyclic) bond motifs is 1. The first kappa shape index (κ1) is 25.0. The minimum absolute atomic E-state index is 0.101. The molecule has 188 valence electrons. The summed E-state index contributed by atoms with van der Waals surface area (Å²) < 4.78 is 9.03. The Balaban J connectivity index is 1.17. The summed E-state index contributed by atoms with van der Waals surface area (Å²) in [5.74, 6) is 1.66. The minimum Gasteiger partial charge on any atom is -0.486 e. The number of thioether (sulfide) groups is 1. The monoisotopic (exact) mass is 529 g/mol. The third kappa shape index (κ3) is 6.00. The molecule has 2 aromatic heterocycles. The second kappa shape index (κ2) is 11.1. The van der Waals surface area contributed by atoms with Crippen molar-refractivity contribution >= 4 is 44.9 Å². The molecule has 0 unspecified atom stereocenters. The number of hydrogen-bond acceptors (Lipinski definition) is 7. The molecule has 0 atom stereocenters. The molecular weight excluding hydrogens is 502 g/mol. The average molecular weight is 530 g/mol. The maximum atomic E-state index is 12.6. The molecule has 5 aromatic rings. The van der Waals surface area contributed by atoms with Crippen molar-refractivity contribution in [2.45, 2.75) is 39.1 Å². The molecule has 5 rings (SSSR count). The summed E-state index contributed by atoms with van der Waals surface area (Å²) in [5, 5.41) is 13.2. The van der Waals surface area contributed by atoms with Crippen molar-refractivity contribution in [1.82, 2.24) is 19.7 Å². The summed E-state index contributed by atoms with van der Waals surface area (Å²) in [4.78, 5) is 17.3. The van der Waals surface area contributed by atoms with Crippen LogP contribution in [0.2, 0.25) is 0 Å². The number of nitrogens with zero attached hydrogens (tertiary/aromatic N) is 4. The van der Waals surface area contributed by atoms with Gasteiger partial charge >= 0.3 is 0 Å². The van der Waals surface area contributed by atoms with Crippen LogP contribution in [-0.2, 0) is 17.9 Å². The van der Waals surface area contributed by atoms with Crippen LogP contribution >= 0.6 is 23.1 Å². The van der Waals surface area contributed by atoms with Crippen molar-refractivity contribution in [3.63, 3.8) is 0 Å². The number of aryl methyl sites for hydroxylation is 2. The molecule has 0 saturated carbocycles. The van der Waals surface area contributed by atoms with E-state index in [0.717, 1.165) is 38.9 Å². The van der Waals surface area contributed by atoms with Gasteiger partial charge in [-0.1, -0.05) is 30.0 Å². The van der Waals surface area contributed by atoms with Gasteiger partial charge in [-0.25, -0.2) is 4.98 Å². The van der Waals surface area contributed by atoms with Crippen molar-refractivity contribution in [3.8, 4) is 16.3 Å². The summed E-state index contributed by atoms with van der Waals surface area (Å²) in [5.41, 5.74) is 5.14. The molecule has 3 aromatic carbocycles. The molecule has 0 radical (unpaired) electrons. The summed E-state index contributed by atoms with van der Waals surface area (Å²) in [6, 6.07) is 22.0. The van der Waals surface area contributed by atoms with Crippen LogP contribution < -0.4 is 10.1 Å². The van der Waals surface area contributed by atoms with Gasteiger partial charge in [0.05, 0.1) is 16.0 Å². The molecule has 0 aliphatic carbocycles. The lowest BCUT2D eigenvalue weighted by Crippen LogP contribution is -2.15. The van der Waals surface area contributed by atoms with Gasteiger partial charge in [0.1, 0.15) is 17.4 Å². The Hall–Kier alpha value is -3.69. The quantitative estimate of drug-likeness (QED) is 0.220. The van der Waals surface area contributed by atoms with Crippen molar-refractivity contribution in [1.29, 1.82) is 0 Å². The highest BCUT2D eigenvalue weighted by Gasteiger charge is 2.14. The standard InChI is InChI=1S/C28H27N5O2S2/c1-4-33-25(16-35-22-7-5-6-18(2)14-22)31-32-28(33)36-17-26(34)29-21-11-9-20(10-12-21)27-30-23-13-8-19(3)15-24(23)37-27/h5-15H,4,16-17H2,1-3H3,(H,29,34). The summed E-state index contributed by atoms with van der Waals surface area (Å²) in [7, 11) is 0. The number of aromatic nitrogens is 4. The van der Waals surface area contributed by atoms with Crippen LogP contribution in [0.1, 0.15) is 23.9 Å². The number of hydrogen-bond donors (Lipinski definition) is 1. The van der Waals surface area contributed by atoms with Gasteiger partial charge in [0.15, 0.2) is 11.0 Å². The minimum atomic E-state index is -0.101. The molecule has 37 heavy (non-hydrogen) atoms. The highest BCUT2D eigenvalue weighted by atomic mass is 32.2. The number of thiazole rings is 1. The topological polar surface area (TPSA) is 81.9 Å². The van der Waals surface area contributed by atoms with E-state index in [1.54, 1.807) is 11.3 Å². The summed E-state index contributed by atoms with van der Waals surface area (Å²) >= 11 is 3.03. The zero-order valence-corrected chi connectivity index (χ0v) is 22.5. The molecule has 9 heteroatoms. The Labute approximate surface area is 223 Å². The largest absolute Gasteiger partial charge is 0.486 e. The van der Waals surface area contributed by atoms with Gasteiger partial charge in [0.2, 0.25) is 5.91 Å². The van der Waals surface area contributed by atoms with Crippen LogP contribution in [0, 0.1) is 13.8 Å². The lowest BCUT2D eigenvalue weighted by molar-refractivity contribution is -0.113. The Bertz CT molecular complexity index is 1540. The first-order chi connectivity index (χ1) is 18.0. The third-order valence-corrected chi connectivity index (χ3v) is 7.79. The van der Waals surface area contributed by atoms with Crippen LogP contribution in [0.3, 0.4) is 0 Å². The number of amides is 1. The zero-order valence-electron chi connectivity index (χ0n) is 20.9. The van der Waals surface area contributed by atoms with E-state index in [-0.39, 0.29) is 11.7 Å². The van der Waals surface area contributed by atoms with E-state index in [2.05, 4.69) is 40.6 Å². The van der Waals surface area contributed by atoms with Gasteiger partial charge < -0.3 is 14.6 Å². The molecule has 0 saturated heterocycles. The number of carbonyl (C=O) groups excluding carboxylic acids is 1. The van der Waals surface area contributed by atoms with Gasteiger partial charge in [-0.3, -0.25) is 4.79 Å². The molecular formula is C28H27N5O2S2. The fourth-order valence-electron chi connectivity index (χ4n) is 3.88. The van der Waals surface area contributed by atoms with Crippen molar-refractivity contribution in [3.05, 3.63) is 83.7 Å². The number of rotatable bonds is 9. The number of ether oxygens (including phenoxy) is 1. The molecule has 2 heterocycles. The van der Waals surface area contributed by atoms with Crippen molar-refractivity contribution in [2.24, 2.45) is 0 Å². The Kier molecular flexibility index (Phi) is 7.52. The first-order valence-corrected chi connectivity index (χ1v) is 13.8. The highest BCUT2D eigenvalue weighted by molar-refractivity contribution is 7.99. The molecule has 0 spiro atoms. The van der Waals surface area contributed by atoms with Crippen molar-refractivity contribution in [2.75, 3.05) is 11.1 Å². The lowest BCUT2D eigenvalue weighted by atomic mass is 10.2. The highest BCUT2D eigenvalue weighted by Crippen LogP contribution is 2.31. The second-order valence-electron chi connectivity index (χ2n) is 8.65. The van der Waals surface area contributed by atoms with Gasteiger partial charge in [0, 0.05) is 17.8 Å². The smallest absolute Gasteiger partial charge is 0.234 e. The van der Waals surface area contributed by atoms with Crippen LogP contribution in [0.5, 0.6) is 5.75 Å². The van der Waals surface area contributed by atoms with Crippen LogP contribution in [-0.4, -0.2) is 31.4 Å². The van der Waals surface area contributed by atoms with Gasteiger partial charge in [0.25, 0.3) is 0 Å². The number of nitrogens with one attached hydrogen (secondary N) is 1. The SMILES string of the molecule is CCn1c(COc2cccc(C)c2)nnc1SCC(=O)Nc1ccc(-c2nc3ccc(C)cc3s2)cc1. The maximum absolute atomic E-state index is 12.6. The Morgan fingerprint density at radius 1 is 1.03 bits per heavy atom. The van der Waals surface area contributed by atoms with Gasteiger partial charge in [-0.2, -0.15) is 0 Å². The first-order valence-electron chi connectivity index (χ1n) is 12.0. The molecule has 7 nitrogen and oxygen atoms in total. The molecule has 0 fully saturated rings. The molecule has 1 amide bonds. The van der Waals surface area contributed by atoms with Crippen LogP contribution in [0.15, 0.2) is 71.9 Å². The zero-order chi connectivity index (χ0) is 25.8. The lowest BCUT2D eigenvalue weighted by Gasteiger charge is -2.09. The van der Waals surface area contributed by atoms with E-state index < -0.39 is 0 Å². The predicted molar refractivity (Wildman–Crippen MR) is 150 cm³/mol. The van der Waals surface area contributed by atoms with E-state index in [1.165, 1.54) is 22.0 Å². The normalized spacial score (nSPS) is 11.1. The van der Waals surface area contributed by atoms with E-state index in [1.807, 2.05) is 66.9 Å². The molecule has 1 N–H and O–H groups in total. The summed E-state index contributed by atoms with van der Waals surface area (Å²) in [6.07, 6.45) is 0. The Morgan fingerprint density at radius 2 is 1.84 bits per heavy atom. The van der Waals surface area contributed by atoms with Crippen LogP contribution in [0.4, 0.5) is 5.69 Å². The number of carbonyl (C=O) groups is 1. The Morgan fingerprint density at radius 3 is 2.62 bits per heavy atom. The maximum Gasteiger partial charge on any atom is 0.234 e. The second-order valence-corrected chi connectivity index (χ2v) is 10.6. The third-order valence-electron chi connectivity index (χ3n) is 5.76. The van der Waals surface area contributed by atoms with Gasteiger partial charge in [-0.05, 0) is 80.4 Å². The number of benzene rings is 3. The predicted octanol–water partition coefficient (Wildman–Crippen LogP) is 6.50. The summed E-state index contributed by atoms with van der Waals surface area (Å²) in [6.45, 7) is 7.14. The van der Waals surface area contributed by atoms with E-state index in [4.69, 9.17) is 9.72 Å². The van der Waals surface area contributed by atoms with E-state index in [9.17, 15) is 4.79 Å². The van der Waals surface area contributed by atoms with E-state index in [0.29, 0.717) is 18.3 Å². The fourth-order valence-corrected chi connectivity index (χ4v) is 5.77.